The number of amides is 1. The molecule has 9 heteroatoms. The molecule has 4 aromatic rings. The van der Waals surface area contributed by atoms with Crippen LogP contribution in [0.25, 0.3) is 22.1 Å². The predicted octanol–water partition coefficient (Wildman–Crippen LogP) is 6.23. The third kappa shape index (κ3) is 4.76. The Kier molecular flexibility index (Phi) is 7.14. The second kappa shape index (κ2) is 10.2. The number of carbonyl (C=O) groups is 2. The molecule has 0 saturated heterocycles. The number of rotatable bonds is 7. The minimum atomic E-state index is -0.563. The number of benzene rings is 2. The van der Waals surface area contributed by atoms with Crippen LogP contribution in [0.2, 0.25) is 0 Å². The Bertz CT molecular complexity index is 1430. The Hall–Kier alpha value is -3.43. The first kappa shape index (κ1) is 23.7. The molecule has 0 aliphatic rings. The molecule has 4 rings (SSSR count). The summed E-state index contributed by atoms with van der Waals surface area (Å²) in [4.78, 5) is 25.9. The topological polar surface area (TPSA) is 102 Å². The van der Waals surface area contributed by atoms with Crippen molar-refractivity contribution in [1.82, 2.24) is 0 Å². The summed E-state index contributed by atoms with van der Waals surface area (Å²) < 4.78 is 17.3. The maximum Gasteiger partial charge on any atom is 0.341 e. The molecule has 0 spiro atoms. The molecular formula is C25H21BrN2O5S. The van der Waals surface area contributed by atoms with Crippen LogP contribution in [0.5, 0.6) is 5.75 Å². The van der Waals surface area contributed by atoms with Crippen LogP contribution >= 0.6 is 27.3 Å². The Balaban J connectivity index is 1.72. The van der Waals surface area contributed by atoms with E-state index in [9.17, 15) is 9.59 Å². The zero-order chi connectivity index (χ0) is 24.2. The van der Waals surface area contributed by atoms with Gasteiger partial charge in [-0.2, -0.15) is 0 Å². The minimum absolute atomic E-state index is 0.0366. The van der Waals surface area contributed by atoms with Crippen molar-refractivity contribution >= 4 is 55.1 Å². The number of para-hydroxylation sites is 1. The summed E-state index contributed by atoms with van der Waals surface area (Å²) in [5, 5.41) is 13.8. The van der Waals surface area contributed by atoms with E-state index in [2.05, 4.69) is 21.2 Å². The lowest BCUT2D eigenvalue weighted by Crippen LogP contribution is -2.21. The summed E-state index contributed by atoms with van der Waals surface area (Å²) in [7, 11) is 0. The maximum atomic E-state index is 13.1. The van der Waals surface area contributed by atoms with Crippen molar-refractivity contribution in [1.29, 1.82) is 5.41 Å². The van der Waals surface area contributed by atoms with Crippen LogP contribution in [-0.4, -0.2) is 25.1 Å². The van der Waals surface area contributed by atoms with E-state index >= 15 is 0 Å². The third-order valence-corrected chi connectivity index (χ3v) is 6.38. The lowest BCUT2D eigenvalue weighted by atomic mass is 10.0. The fourth-order valence-corrected chi connectivity index (χ4v) is 4.66. The number of anilines is 1. The van der Waals surface area contributed by atoms with Gasteiger partial charge in [0.05, 0.1) is 13.2 Å². The molecule has 2 N–H and O–H groups in total. The van der Waals surface area contributed by atoms with Gasteiger partial charge in [-0.3, -0.25) is 10.2 Å². The van der Waals surface area contributed by atoms with Crippen molar-refractivity contribution in [3.05, 3.63) is 75.1 Å². The van der Waals surface area contributed by atoms with Gasteiger partial charge in [-0.15, -0.1) is 11.3 Å². The van der Waals surface area contributed by atoms with Crippen LogP contribution in [0.4, 0.5) is 5.00 Å². The Morgan fingerprint density at radius 1 is 1.12 bits per heavy atom. The highest BCUT2D eigenvalue weighted by molar-refractivity contribution is 9.10. The molecule has 0 saturated carbocycles. The number of carbonyl (C=O) groups excluding carboxylic acids is 2. The van der Waals surface area contributed by atoms with Gasteiger partial charge in [0.2, 0.25) is 5.55 Å². The zero-order valence-electron chi connectivity index (χ0n) is 18.4. The van der Waals surface area contributed by atoms with Crippen LogP contribution in [0.3, 0.4) is 0 Å². The van der Waals surface area contributed by atoms with Crippen LogP contribution < -0.4 is 15.6 Å². The first-order chi connectivity index (χ1) is 16.4. The highest BCUT2D eigenvalue weighted by Crippen LogP contribution is 2.37. The zero-order valence-corrected chi connectivity index (χ0v) is 20.8. The molecule has 0 bridgehead atoms. The highest BCUT2D eigenvalue weighted by Gasteiger charge is 2.24. The number of thiophene rings is 1. The lowest BCUT2D eigenvalue weighted by molar-refractivity contribution is 0.0529. The fourth-order valence-electron chi connectivity index (χ4n) is 3.44. The van der Waals surface area contributed by atoms with Gasteiger partial charge in [0, 0.05) is 20.8 Å². The second-order valence-corrected chi connectivity index (χ2v) is 8.93. The largest absolute Gasteiger partial charge is 0.490 e. The Labute approximate surface area is 208 Å². The van der Waals surface area contributed by atoms with Gasteiger partial charge >= 0.3 is 5.97 Å². The van der Waals surface area contributed by atoms with Crippen LogP contribution in [0.15, 0.2) is 62.8 Å². The Morgan fingerprint density at radius 3 is 2.59 bits per heavy atom. The summed E-state index contributed by atoms with van der Waals surface area (Å²) in [5.74, 6) is -0.595. The molecule has 0 aliphatic carbocycles. The van der Waals surface area contributed by atoms with E-state index in [1.54, 1.807) is 36.6 Å². The number of fused-ring (bicyclic) bond motifs is 1. The highest BCUT2D eigenvalue weighted by atomic mass is 79.9. The van der Waals surface area contributed by atoms with E-state index in [0.29, 0.717) is 33.9 Å². The quantitative estimate of drug-likeness (QED) is 0.270. The number of hydrogen-bond acceptors (Lipinski definition) is 7. The number of hydrogen-bond donors (Lipinski definition) is 2. The average molecular weight is 541 g/mol. The molecular weight excluding hydrogens is 520 g/mol. The molecule has 0 fully saturated rings. The number of esters is 1. The number of nitrogens with one attached hydrogen (secondary N) is 2. The number of ether oxygens (including phenoxy) is 2. The van der Waals surface area contributed by atoms with Gasteiger partial charge in [0.1, 0.15) is 16.1 Å². The fraction of sp³-hybridized carbons (Fsp3) is 0.160. The first-order valence-corrected chi connectivity index (χ1v) is 12.2. The molecule has 2 aromatic heterocycles. The van der Waals surface area contributed by atoms with E-state index in [-0.39, 0.29) is 23.3 Å². The average Bonchev–Trinajstić information content (AvgIpc) is 3.23. The SMILES string of the molecule is CCOC(=O)c1c(-c2ccc(Br)cc2)csc1NC(=O)c1cc2cccc(OCC)c2oc1=N. The summed E-state index contributed by atoms with van der Waals surface area (Å²) in [6, 6.07) is 14.4. The molecule has 34 heavy (non-hydrogen) atoms. The van der Waals surface area contributed by atoms with Gasteiger partial charge in [0.25, 0.3) is 5.91 Å². The summed E-state index contributed by atoms with van der Waals surface area (Å²) in [6.45, 7) is 4.22. The first-order valence-electron chi connectivity index (χ1n) is 10.5. The smallest absolute Gasteiger partial charge is 0.341 e. The van der Waals surface area contributed by atoms with Crippen molar-refractivity contribution in [3.63, 3.8) is 0 Å². The van der Waals surface area contributed by atoms with Crippen LogP contribution in [0, 0.1) is 5.41 Å². The van der Waals surface area contributed by atoms with E-state index in [1.165, 1.54) is 11.3 Å². The molecule has 2 aromatic carbocycles. The van der Waals surface area contributed by atoms with Gasteiger partial charge in [-0.1, -0.05) is 40.2 Å². The van der Waals surface area contributed by atoms with Crippen molar-refractivity contribution in [2.45, 2.75) is 13.8 Å². The molecule has 7 nitrogen and oxygen atoms in total. The normalized spacial score (nSPS) is 10.8. The van der Waals surface area contributed by atoms with Gasteiger partial charge in [0.15, 0.2) is 11.3 Å². The third-order valence-electron chi connectivity index (χ3n) is 4.96. The monoisotopic (exact) mass is 540 g/mol. The van der Waals surface area contributed by atoms with Crippen LogP contribution in [0.1, 0.15) is 34.6 Å². The summed E-state index contributed by atoms with van der Waals surface area (Å²) in [6.07, 6.45) is 0. The van der Waals surface area contributed by atoms with Gasteiger partial charge < -0.3 is 19.2 Å². The van der Waals surface area contributed by atoms with E-state index in [1.807, 2.05) is 31.2 Å². The maximum absolute atomic E-state index is 13.1. The minimum Gasteiger partial charge on any atom is -0.490 e. The molecule has 174 valence electrons. The van der Waals surface area contributed by atoms with Crippen molar-refractivity contribution in [2.24, 2.45) is 0 Å². The number of halogens is 1. The van der Waals surface area contributed by atoms with Gasteiger partial charge in [-0.05, 0) is 43.7 Å². The molecule has 0 aliphatic heterocycles. The Morgan fingerprint density at radius 2 is 1.88 bits per heavy atom. The molecule has 0 atom stereocenters. The molecule has 1 amide bonds. The second-order valence-electron chi connectivity index (χ2n) is 7.13. The van der Waals surface area contributed by atoms with Crippen molar-refractivity contribution in [3.8, 4) is 16.9 Å². The standard InChI is InChI=1S/C25H21BrN2O5S/c1-3-31-19-7-5-6-15-12-17(22(27)33-21(15)19)23(29)28-24-20(25(30)32-4-2)18(13-34-24)14-8-10-16(26)11-9-14/h5-13,27H,3-4H2,1-2H3,(H,28,29). The van der Waals surface area contributed by atoms with E-state index in [4.69, 9.17) is 19.3 Å². The molecule has 0 radical (unpaired) electrons. The summed E-state index contributed by atoms with van der Waals surface area (Å²) >= 11 is 4.63. The summed E-state index contributed by atoms with van der Waals surface area (Å²) in [5.41, 5.74) is 1.86. The lowest BCUT2D eigenvalue weighted by Gasteiger charge is -2.10. The predicted molar refractivity (Wildman–Crippen MR) is 135 cm³/mol. The van der Waals surface area contributed by atoms with Crippen molar-refractivity contribution in [2.75, 3.05) is 18.5 Å². The van der Waals surface area contributed by atoms with E-state index < -0.39 is 11.9 Å². The molecule has 0 unspecified atom stereocenters. The van der Waals surface area contributed by atoms with Crippen molar-refractivity contribution < 1.29 is 23.5 Å². The van der Waals surface area contributed by atoms with Gasteiger partial charge in [-0.25, -0.2) is 4.79 Å². The van der Waals surface area contributed by atoms with Crippen LogP contribution in [-0.2, 0) is 4.74 Å². The molecule has 2 heterocycles. The van der Waals surface area contributed by atoms with E-state index in [0.717, 1.165) is 10.0 Å².